The van der Waals surface area contributed by atoms with Crippen LogP contribution < -0.4 is 0 Å². The summed E-state index contributed by atoms with van der Waals surface area (Å²) in [7, 11) is 0. The third kappa shape index (κ3) is 1.87. The van der Waals surface area contributed by atoms with Crippen molar-refractivity contribution in [2.75, 3.05) is 26.2 Å². The predicted octanol–water partition coefficient (Wildman–Crippen LogP) is 1.51. The van der Waals surface area contributed by atoms with E-state index in [4.69, 9.17) is 0 Å². The molecule has 0 saturated carbocycles. The van der Waals surface area contributed by atoms with E-state index in [1.807, 2.05) is 0 Å². The Labute approximate surface area is 82.4 Å². The molecule has 2 aliphatic heterocycles. The number of rotatable bonds is 0. The standard InChI is InChI=1S/C8H15IN2/c9-11-6-5-10-4-2-1-3-8(10)7-11/h8H,1-7H2/t8-/m1/s1. The van der Waals surface area contributed by atoms with Crippen LogP contribution in [0.5, 0.6) is 0 Å². The molecular formula is C8H15IN2. The maximum Gasteiger partial charge on any atom is 0.0238 e. The van der Waals surface area contributed by atoms with Crippen LogP contribution in [-0.4, -0.2) is 40.2 Å². The summed E-state index contributed by atoms with van der Waals surface area (Å²) in [5.74, 6) is 0. The molecule has 2 nitrogen and oxygen atoms in total. The van der Waals surface area contributed by atoms with Crippen molar-refractivity contribution in [1.29, 1.82) is 0 Å². The van der Waals surface area contributed by atoms with Crippen molar-refractivity contribution in [3.63, 3.8) is 0 Å². The predicted molar refractivity (Wildman–Crippen MR) is 54.8 cm³/mol. The van der Waals surface area contributed by atoms with Gasteiger partial charge in [-0.2, -0.15) is 0 Å². The molecule has 64 valence electrons. The third-order valence-electron chi connectivity index (χ3n) is 2.79. The fraction of sp³-hybridized carbons (Fsp3) is 1.00. The number of halogens is 1. The largest absolute Gasteiger partial charge is 0.298 e. The van der Waals surface area contributed by atoms with Gasteiger partial charge in [-0.05, 0) is 19.4 Å². The number of piperazine rings is 1. The Bertz CT molecular complexity index is 140. The van der Waals surface area contributed by atoms with Gasteiger partial charge in [-0.1, -0.05) is 6.42 Å². The second kappa shape index (κ2) is 3.58. The van der Waals surface area contributed by atoms with Crippen molar-refractivity contribution in [3.8, 4) is 0 Å². The minimum absolute atomic E-state index is 0.884. The van der Waals surface area contributed by atoms with E-state index in [-0.39, 0.29) is 0 Å². The zero-order valence-electron chi connectivity index (χ0n) is 6.80. The molecule has 2 saturated heterocycles. The fourth-order valence-corrected chi connectivity index (χ4v) is 2.79. The summed E-state index contributed by atoms with van der Waals surface area (Å²) in [4.78, 5) is 2.67. The molecule has 0 spiro atoms. The molecule has 0 aromatic rings. The highest BCUT2D eigenvalue weighted by molar-refractivity contribution is 14.1. The second-order valence-electron chi connectivity index (χ2n) is 3.55. The summed E-state index contributed by atoms with van der Waals surface area (Å²) < 4.78 is 2.43. The molecule has 11 heavy (non-hydrogen) atoms. The third-order valence-corrected chi connectivity index (χ3v) is 3.66. The second-order valence-corrected chi connectivity index (χ2v) is 4.92. The molecule has 2 fully saturated rings. The summed E-state index contributed by atoms with van der Waals surface area (Å²) in [6, 6.07) is 0.884. The number of fused-ring (bicyclic) bond motifs is 1. The molecule has 2 rings (SSSR count). The Morgan fingerprint density at radius 1 is 1.09 bits per heavy atom. The molecule has 0 radical (unpaired) electrons. The molecular weight excluding hydrogens is 251 g/mol. The Morgan fingerprint density at radius 2 is 2.00 bits per heavy atom. The van der Waals surface area contributed by atoms with E-state index in [1.54, 1.807) is 0 Å². The van der Waals surface area contributed by atoms with Crippen LogP contribution in [0.25, 0.3) is 0 Å². The quantitative estimate of drug-likeness (QED) is 0.484. The zero-order chi connectivity index (χ0) is 7.68. The monoisotopic (exact) mass is 266 g/mol. The van der Waals surface area contributed by atoms with Crippen molar-refractivity contribution < 1.29 is 0 Å². The van der Waals surface area contributed by atoms with Crippen LogP contribution in [0.1, 0.15) is 19.3 Å². The Kier molecular flexibility index (Phi) is 2.69. The van der Waals surface area contributed by atoms with Gasteiger partial charge in [0.05, 0.1) is 0 Å². The summed E-state index contributed by atoms with van der Waals surface area (Å²) >= 11 is 2.45. The highest BCUT2D eigenvalue weighted by Crippen LogP contribution is 2.22. The molecule has 2 aliphatic rings. The Morgan fingerprint density at radius 3 is 2.91 bits per heavy atom. The normalized spacial score (nSPS) is 35.2. The first-order valence-electron chi connectivity index (χ1n) is 4.51. The van der Waals surface area contributed by atoms with E-state index >= 15 is 0 Å². The lowest BCUT2D eigenvalue weighted by Gasteiger charge is -2.41. The minimum atomic E-state index is 0.884. The van der Waals surface area contributed by atoms with Crippen LogP contribution in [0.15, 0.2) is 0 Å². The van der Waals surface area contributed by atoms with Gasteiger partial charge in [0.15, 0.2) is 0 Å². The molecule has 0 unspecified atom stereocenters. The molecule has 2 heterocycles. The topological polar surface area (TPSA) is 6.48 Å². The Balaban J connectivity index is 1.93. The van der Waals surface area contributed by atoms with E-state index in [1.165, 1.54) is 45.4 Å². The molecule has 0 amide bonds. The molecule has 0 aromatic heterocycles. The smallest absolute Gasteiger partial charge is 0.0238 e. The van der Waals surface area contributed by atoms with Gasteiger partial charge in [-0.3, -0.25) is 4.90 Å². The zero-order valence-corrected chi connectivity index (χ0v) is 8.96. The van der Waals surface area contributed by atoms with Crippen LogP contribution >= 0.6 is 22.9 Å². The average molecular weight is 266 g/mol. The highest BCUT2D eigenvalue weighted by Gasteiger charge is 2.27. The van der Waals surface area contributed by atoms with Crippen LogP contribution in [0, 0.1) is 0 Å². The van der Waals surface area contributed by atoms with Gasteiger partial charge < -0.3 is 0 Å². The van der Waals surface area contributed by atoms with Crippen molar-refractivity contribution in [2.24, 2.45) is 0 Å². The maximum absolute atomic E-state index is 2.67. The lowest BCUT2D eigenvalue weighted by atomic mass is 10.0. The molecule has 0 N–H and O–H groups in total. The fourth-order valence-electron chi connectivity index (χ4n) is 2.12. The van der Waals surface area contributed by atoms with Gasteiger partial charge in [0.25, 0.3) is 0 Å². The van der Waals surface area contributed by atoms with Crippen molar-refractivity contribution in [2.45, 2.75) is 25.3 Å². The van der Waals surface area contributed by atoms with Gasteiger partial charge in [0, 0.05) is 48.5 Å². The summed E-state index contributed by atoms with van der Waals surface area (Å²) in [5.41, 5.74) is 0. The highest BCUT2D eigenvalue weighted by atomic mass is 127. The average Bonchev–Trinajstić information content (AvgIpc) is 2.04. The van der Waals surface area contributed by atoms with Crippen LogP contribution in [-0.2, 0) is 0 Å². The van der Waals surface area contributed by atoms with Gasteiger partial charge in [-0.15, -0.1) is 0 Å². The van der Waals surface area contributed by atoms with Gasteiger partial charge >= 0.3 is 0 Å². The first-order chi connectivity index (χ1) is 5.36. The van der Waals surface area contributed by atoms with Crippen LogP contribution in [0.2, 0.25) is 0 Å². The Hall–Kier alpha value is 0.650. The van der Waals surface area contributed by atoms with E-state index in [9.17, 15) is 0 Å². The van der Waals surface area contributed by atoms with Crippen molar-refractivity contribution in [1.82, 2.24) is 8.01 Å². The van der Waals surface area contributed by atoms with Crippen LogP contribution in [0.4, 0.5) is 0 Å². The van der Waals surface area contributed by atoms with Gasteiger partial charge in [-0.25, -0.2) is 3.11 Å². The van der Waals surface area contributed by atoms with Crippen molar-refractivity contribution >= 4 is 22.9 Å². The van der Waals surface area contributed by atoms with E-state index in [0.29, 0.717) is 0 Å². The summed E-state index contributed by atoms with van der Waals surface area (Å²) in [6.45, 7) is 5.21. The molecule has 0 aliphatic carbocycles. The first kappa shape index (κ1) is 8.26. The maximum atomic E-state index is 2.67. The lowest BCUT2D eigenvalue weighted by molar-refractivity contribution is 0.0957. The number of nitrogens with zero attached hydrogens (tertiary/aromatic N) is 2. The van der Waals surface area contributed by atoms with E-state index < -0.39 is 0 Å². The van der Waals surface area contributed by atoms with Gasteiger partial charge in [0.2, 0.25) is 0 Å². The van der Waals surface area contributed by atoms with E-state index in [0.717, 1.165) is 6.04 Å². The van der Waals surface area contributed by atoms with Gasteiger partial charge in [0.1, 0.15) is 0 Å². The summed E-state index contributed by atoms with van der Waals surface area (Å²) in [5, 5.41) is 0. The van der Waals surface area contributed by atoms with E-state index in [2.05, 4.69) is 30.9 Å². The van der Waals surface area contributed by atoms with Crippen molar-refractivity contribution in [3.05, 3.63) is 0 Å². The molecule has 0 aromatic carbocycles. The summed E-state index contributed by atoms with van der Waals surface area (Å²) in [6.07, 6.45) is 4.31. The SMILES string of the molecule is IN1CCN2CCCC[C@@H]2C1. The molecule has 3 heteroatoms. The molecule has 1 atom stereocenters. The lowest BCUT2D eigenvalue weighted by Crippen LogP contribution is -2.51. The number of hydrogen-bond donors (Lipinski definition) is 0. The molecule has 0 bridgehead atoms. The van der Waals surface area contributed by atoms with Crippen LogP contribution in [0.3, 0.4) is 0 Å². The first-order valence-corrected chi connectivity index (χ1v) is 5.47. The number of piperidine rings is 1. The minimum Gasteiger partial charge on any atom is -0.298 e. The number of hydrogen-bond acceptors (Lipinski definition) is 2.